The summed E-state index contributed by atoms with van der Waals surface area (Å²) in [6.45, 7) is 1.56. The quantitative estimate of drug-likeness (QED) is 0.626. The molecule has 0 saturated carbocycles. The van der Waals surface area contributed by atoms with Crippen molar-refractivity contribution in [2.45, 2.75) is 26.2 Å². The number of hydrogen-bond donors (Lipinski definition) is 1. The largest absolute Gasteiger partial charge is 0.396 e. The SMILES string of the molecule is CCC(CCO)C(F)F. The van der Waals surface area contributed by atoms with Crippen LogP contribution in [0.5, 0.6) is 0 Å². The van der Waals surface area contributed by atoms with Crippen LogP contribution in [0.1, 0.15) is 19.8 Å². The molecule has 0 aliphatic carbocycles. The minimum absolute atomic E-state index is 0.136. The molecule has 3 heteroatoms. The Hall–Kier alpha value is -0.180. The highest BCUT2D eigenvalue weighted by atomic mass is 19.3. The molecule has 0 bridgehead atoms. The molecule has 9 heavy (non-hydrogen) atoms. The normalized spacial score (nSPS) is 14.3. The van der Waals surface area contributed by atoms with Crippen molar-refractivity contribution in [3.63, 3.8) is 0 Å². The average molecular weight is 138 g/mol. The van der Waals surface area contributed by atoms with Gasteiger partial charge in [0.1, 0.15) is 0 Å². The molecule has 1 nitrogen and oxygen atoms in total. The number of hydrogen-bond acceptors (Lipinski definition) is 1. The Morgan fingerprint density at radius 3 is 2.11 bits per heavy atom. The van der Waals surface area contributed by atoms with Crippen molar-refractivity contribution in [3.8, 4) is 0 Å². The summed E-state index contributed by atoms with van der Waals surface area (Å²) in [4.78, 5) is 0. The smallest absolute Gasteiger partial charge is 0.241 e. The van der Waals surface area contributed by atoms with Crippen molar-refractivity contribution in [1.29, 1.82) is 0 Å². The predicted molar refractivity (Wildman–Crippen MR) is 31.5 cm³/mol. The van der Waals surface area contributed by atoms with E-state index in [1.165, 1.54) is 0 Å². The Bertz CT molecular complexity index is 66.1. The van der Waals surface area contributed by atoms with Crippen molar-refractivity contribution < 1.29 is 13.9 Å². The van der Waals surface area contributed by atoms with Gasteiger partial charge in [0.05, 0.1) is 0 Å². The summed E-state index contributed by atoms with van der Waals surface area (Å²) in [5.41, 5.74) is 0. The van der Waals surface area contributed by atoms with E-state index in [9.17, 15) is 8.78 Å². The van der Waals surface area contributed by atoms with Crippen molar-refractivity contribution in [2.75, 3.05) is 6.61 Å². The molecular weight excluding hydrogens is 126 g/mol. The third kappa shape index (κ3) is 3.40. The molecule has 0 heterocycles. The van der Waals surface area contributed by atoms with Crippen LogP contribution in [0.2, 0.25) is 0 Å². The lowest BCUT2D eigenvalue weighted by atomic mass is 10.0. The highest BCUT2D eigenvalue weighted by molar-refractivity contribution is 4.57. The Balaban J connectivity index is 3.41. The number of rotatable bonds is 4. The summed E-state index contributed by atoms with van der Waals surface area (Å²) < 4.78 is 23.6. The van der Waals surface area contributed by atoms with E-state index in [1.807, 2.05) is 0 Å². The molecule has 0 aliphatic heterocycles. The molecule has 0 radical (unpaired) electrons. The molecule has 0 spiro atoms. The van der Waals surface area contributed by atoms with Gasteiger partial charge in [0, 0.05) is 12.5 Å². The third-order valence-electron chi connectivity index (χ3n) is 1.38. The highest BCUT2D eigenvalue weighted by Crippen LogP contribution is 2.16. The zero-order valence-electron chi connectivity index (χ0n) is 5.48. The molecule has 1 N–H and O–H groups in total. The standard InChI is InChI=1S/C6H12F2O/c1-2-5(3-4-9)6(7)8/h5-6,9H,2-4H2,1H3. The van der Waals surface area contributed by atoms with Gasteiger partial charge >= 0.3 is 0 Å². The molecule has 0 aliphatic rings. The third-order valence-corrected chi connectivity index (χ3v) is 1.38. The van der Waals surface area contributed by atoms with E-state index in [-0.39, 0.29) is 13.0 Å². The van der Waals surface area contributed by atoms with Gasteiger partial charge in [0.15, 0.2) is 0 Å². The number of aliphatic hydroxyl groups excluding tert-OH is 1. The fourth-order valence-electron chi connectivity index (χ4n) is 0.674. The van der Waals surface area contributed by atoms with Gasteiger partial charge in [-0.1, -0.05) is 6.92 Å². The molecule has 0 aromatic carbocycles. The minimum atomic E-state index is -2.28. The Kier molecular flexibility index (Phi) is 4.58. The lowest BCUT2D eigenvalue weighted by molar-refractivity contribution is 0.0594. The van der Waals surface area contributed by atoms with E-state index in [0.29, 0.717) is 6.42 Å². The molecule has 0 saturated heterocycles. The first-order valence-electron chi connectivity index (χ1n) is 3.11. The summed E-state index contributed by atoms with van der Waals surface area (Å²) in [6, 6.07) is 0. The van der Waals surface area contributed by atoms with Crippen LogP contribution in [-0.2, 0) is 0 Å². The van der Waals surface area contributed by atoms with E-state index >= 15 is 0 Å². The van der Waals surface area contributed by atoms with E-state index in [2.05, 4.69) is 0 Å². The molecule has 0 amide bonds. The fourth-order valence-corrected chi connectivity index (χ4v) is 0.674. The first-order valence-corrected chi connectivity index (χ1v) is 3.11. The fraction of sp³-hybridized carbons (Fsp3) is 1.00. The summed E-state index contributed by atoms with van der Waals surface area (Å²) in [5.74, 6) is -0.616. The van der Waals surface area contributed by atoms with Gasteiger partial charge in [-0.2, -0.15) is 0 Å². The van der Waals surface area contributed by atoms with Gasteiger partial charge in [-0.05, 0) is 12.8 Å². The summed E-state index contributed by atoms with van der Waals surface area (Å²) in [7, 11) is 0. The van der Waals surface area contributed by atoms with Gasteiger partial charge in [0.2, 0.25) is 6.43 Å². The van der Waals surface area contributed by atoms with Crippen LogP contribution in [-0.4, -0.2) is 18.1 Å². The molecule has 1 atom stereocenters. The Morgan fingerprint density at radius 2 is 2.00 bits per heavy atom. The van der Waals surface area contributed by atoms with Crippen LogP contribution in [0.3, 0.4) is 0 Å². The molecule has 0 rings (SSSR count). The van der Waals surface area contributed by atoms with Crippen LogP contribution in [0, 0.1) is 5.92 Å². The Morgan fingerprint density at radius 1 is 1.44 bits per heavy atom. The van der Waals surface area contributed by atoms with Crippen LogP contribution < -0.4 is 0 Å². The first-order chi connectivity index (χ1) is 4.22. The average Bonchev–Trinajstić information content (AvgIpc) is 1.82. The van der Waals surface area contributed by atoms with E-state index in [4.69, 9.17) is 5.11 Å². The first kappa shape index (κ1) is 8.82. The summed E-state index contributed by atoms with van der Waals surface area (Å²) in [6.07, 6.45) is -1.62. The maximum Gasteiger partial charge on any atom is 0.241 e. The topological polar surface area (TPSA) is 20.2 Å². The van der Waals surface area contributed by atoms with Crippen LogP contribution in [0.4, 0.5) is 8.78 Å². The van der Waals surface area contributed by atoms with Crippen molar-refractivity contribution in [2.24, 2.45) is 5.92 Å². The molecule has 0 fully saturated rings. The minimum Gasteiger partial charge on any atom is -0.396 e. The second kappa shape index (κ2) is 4.68. The van der Waals surface area contributed by atoms with Gasteiger partial charge in [-0.3, -0.25) is 0 Å². The van der Waals surface area contributed by atoms with Gasteiger partial charge in [-0.25, -0.2) is 8.78 Å². The van der Waals surface area contributed by atoms with Crippen molar-refractivity contribution >= 4 is 0 Å². The van der Waals surface area contributed by atoms with Crippen molar-refractivity contribution in [1.82, 2.24) is 0 Å². The number of alkyl halides is 2. The molecule has 0 aromatic rings. The Labute approximate surface area is 53.7 Å². The lowest BCUT2D eigenvalue weighted by Gasteiger charge is -2.10. The lowest BCUT2D eigenvalue weighted by Crippen LogP contribution is -2.11. The zero-order valence-corrected chi connectivity index (χ0v) is 5.48. The van der Waals surface area contributed by atoms with E-state index < -0.39 is 12.3 Å². The van der Waals surface area contributed by atoms with Gasteiger partial charge in [-0.15, -0.1) is 0 Å². The maximum atomic E-state index is 11.8. The van der Waals surface area contributed by atoms with E-state index in [1.54, 1.807) is 6.92 Å². The van der Waals surface area contributed by atoms with Crippen LogP contribution in [0.25, 0.3) is 0 Å². The maximum absolute atomic E-state index is 11.8. The van der Waals surface area contributed by atoms with Crippen LogP contribution in [0.15, 0.2) is 0 Å². The highest BCUT2D eigenvalue weighted by Gasteiger charge is 2.16. The second-order valence-corrected chi connectivity index (χ2v) is 2.02. The summed E-state index contributed by atoms with van der Waals surface area (Å²) >= 11 is 0. The predicted octanol–water partition coefficient (Wildman–Crippen LogP) is 1.66. The van der Waals surface area contributed by atoms with E-state index in [0.717, 1.165) is 0 Å². The molecular formula is C6H12F2O. The molecule has 1 unspecified atom stereocenters. The zero-order chi connectivity index (χ0) is 7.28. The van der Waals surface area contributed by atoms with Crippen molar-refractivity contribution in [3.05, 3.63) is 0 Å². The van der Waals surface area contributed by atoms with Gasteiger partial charge < -0.3 is 5.11 Å². The monoisotopic (exact) mass is 138 g/mol. The number of halogens is 2. The second-order valence-electron chi connectivity index (χ2n) is 2.02. The molecule has 0 aromatic heterocycles. The van der Waals surface area contributed by atoms with Crippen LogP contribution >= 0.6 is 0 Å². The van der Waals surface area contributed by atoms with Gasteiger partial charge in [0.25, 0.3) is 0 Å². The molecule has 56 valence electrons. The number of aliphatic hydroxyl groups is 1. The summed E-state index contributed by atoms with van der Waals surface area (Å²) in [5, 5.41) is 8.28.